The topological polar surface area (TPSA) is 75.9 Å². The number of carbonyl (C=O) groups excluding carboxylic acids is 1. The molecule has 1 fully saturated rings. The summed E-state index contributed by atoms with van der Waals surface area (Å²) in [5.74, 6) is 1.39. The second-order valence-corrected chi connectivity index (χ2v) is 8.14. The van der Waals surface area contributed by atoms with Crippen molar-refractivity contribution < 1.29 is 9.18 Å². The number of piperidine rings is 1. The number of fused-ring (bicyclic) bond motifs is 3. The van der Waals surface area contributed by atoms with Crippen molar-refractivity contribution in [3.8, 4) is 0 Å². The first-order valence-corrected chi connectivity index (χ1v) is 10.7. The van der Waals surface area contributed by atoms with Gasteiger partial charge in [-0.05, 0) is 49.9 Å². The molecule has 156 valence electrons. The molecule has 2 aromatic heterocycles. The second kappa shape index (κ2) is 8.01. The SMILES string of the molecule is O=C(Nc1ccc(F)cc1)C1CCCN(c2ncnc3c2nc2n3CCCCC2)C1. The number of benzene rings is 1. The molecule has 1 atom stereocenters. The van der Waals surface area contributed by atoms with Crippen LogP contribution in [0, 0.1) is 11.7 Å². The smallest absolute Gasteiger partial charge is 0.229 e. The Bertz CT molecular complexity index is 1060. The quantitative estimate of drug-likeness (QED) is 0.717. The third kappa shape index (κ3) is 3.62. The molecule has 1 amide bonds. The number of anilines is 2. The molecule has 1 unspecified atom stereocenters. The Morgan fingerprint density at radius 2 is 1.93 bits per heavy atom. The van der Waals surface area contributed by atoms with Crippen molar-refractivity contribution in [1.29, 1.82) is 0 Å². The molecule has 30 heavy (non-hydrogen) atoms. The molecule has 5 rings (SSSR count). The van der Waals surface area contributed by atoms with Crippen LogP contribution in [0.2, 0.25) is 0 Å². The number of carbonyl (C=O) groups is 1. The van der Waals surface area contributed by atoms with E-state index in [1.165, 1.54) is 18.6 Å². The first-order valence-electron chi connectivity index (χ1n) is 10.7. The minimum absolute atomic E-state index is 0.0442. The zero-order valence-corrected chi connectivity index (χ0v) is 16.9. The van der Waals surface area contributed by atoms with Gasteiger partial charge in [0, 0.05) is 31.7 Å². The molecule has 0 aliphatic carbocycles. The van der Waals surface area contributed by atoms with E-state index in [4.69, 9.17) is 4.98 Å². The number of imidazole rings is 1. The molecule has 8 heteroatoms. The van der Waals surface area contributed by atoms with Gasteiger partial charge in [0.1, 0.15) is 18.0 Å². The molecule has 0 spiro atoms. The summed E-state index contributed by atoms with van der Waals surface area (Å²) in [7, 11) is 0. The monoisotopic (exact) mass is 408 g/mol. The lowest BCUT2D eigenvalue weighted by Crippen LogP contribution is -2.41. The maximum absolute atomic E-state index is 13.1. The van der Waals surface area contributed by atoms with Crippen LogP contribution in [0.3, 0.4) is 0 Å². The Morgan fingerprint density at radius 3 is 2.80 bits per heavy atom. The highest BCUT2D eigenvalue weighted by Gasteiger charge is 2.29. The fourth-order valence-electron chi connectivity index (χ4n) is 4.52. The second-order valence-electron chi connectivity index (χ2n) is 8.14. The van der Waals surface area contributed by atoms with Gasteiger partial charge in [-0.1, -0.05) is 6.42 Å². The van der Waals surface area contributed by atoms with Crippen molar-refractivity contribution in [3.05, 3.63) is 42.2 Å². The largest absolute Gasteiger partial charge is 0.354 e. The third-order valence-corrected chi connectivity index (χ3v) is 6.08. The highest BCUT2D eigenvalue weighted by Crippen LogP contribution is 2.29. The average molecular weight is 408 g/mol. The van der Waals surface area contributed by atoms with Crippen molar-refractivity contribution in [2.24, 2.45) is 5.92 Å². The first-order chi connectivity index (χ1) is 14.7. The van der Waals surface area contributed by atoms with Gasteiger partial charge in [0.25, 0.3) is 0 Å². The number of halogens is 1. The highest BCUT2D eigenvalue weighted by molar-refractivity contribution is 5.93. The van der Waals surface area contributed by atoms with Crippen LogP contribution in [0.4, 0.5) is 15.9 Å². The fourth-order valence-corrected chi connectivity index (χ4v) is 4.52. The van der Waals surface area contributed by atoms with Crippen molar-refractivity contribution in [1.82, 2.24) is 19.5 Å². The number of hydrogen-bond acceptors (Lipinski definition) is 5. The van der Waals surface area contributed by atoms with Crippen LogP contribution in [0.15, 0.2) is 30.6 Å². The molecule has 1 aromatic carbocycles. The van der Waals surface area contributed by atoms with Crippen molar-refractivity contribution in [3.63, 3.8) is 0 Å². The van der Waals surface area contributed by atoms with Crippen LogP contribution in [0.25, 0.3) is 11.2 Å². The van der Waals surface area contributed by atoms with Crippen molar-refractivity contribution in [2.45, 2.75) is 45.1 Å². The Hall–Kier alpha value is -3.03. The van der Waals surface area contributed by atoms with E-state index in [9.17, 15) is 9.18 Å². The van der Waals surface area contributed by atoms with E-state index < -0.39 is 0 Å². The molecule has 7 nitrogen and oxygen atoms in total. The van der Waals surface area contributed by atoms with Crippen LogP contribution >= 0.6 is 0 Å². The number of nitrogens with one attached hydrogen (secondary N) is 1. The van der Waals surface area contributed by atoms with Gasteiger partial charge < -0.3 is 14.8 Å². The van der Waals surface area contributed by atoms with E-state index in [1.54, 1.807) is 18.5 Å². The number of aromatic nitrogens is 4. The van der Waals surface area contributed by atoms with E-state index in [-0.39, 0.29) is 17.6 Å². The lowest BCUT2D eigenvalue weighted by molar-refractivity contribution is -0.120. The van der Waals surface area contributed by atoms with Crippen LogP contribution in [-0.4, -0.2) is 38.5 Å². The van der Waals surface area contributed by atoms with Gasteiger partial charge in [0.05, 0.1) is 5.92 Å². The molecule has 2 aliphatic rings. The first kappa shape index (κ1) is 19.0. The standard InChI is InChI=1S/C22H25FN6O/c23-16-7-9-17(10-8-16)26-22(30)15-5-4-11-28(13-15)20-19-21(25-14-24-20)29-12-3-1-2-6-18(29)27-19/h7-10,14-15H,1-6,11-13H2,(H,26,30). The Labute approximate surface area is 174 Å². The number of amides is 1. The molecular weight excluding hydrogens is 383 g/mol. The fraction of sp³-hybridized carbons (Fsp3) is 0.455. The Morgan fingerprint density at radius 1 is 1.07 bits per heavy atom. The molecule has 0 radical (unpaired) electrons. The lowest BCUT2D eigenvalue weighted by Gasteiger charge is -2.32. The van der Waals surface area contributed by atoms with Crippen molar-refractivity contribution in [2.75, 3.05) is 23.3 Å². The van der Waals surface area contributed by atoms with Crippen LogP contribution in [0.5, 0.6) is 0 Å². The third-order valence-electron chi connectivity index (χ3n) is 6.08. The number of nitrogens with zero attached hydrogens (tertiary/aromatic N) is 5. The van der Waals surface area contributed by atoms with Gasteiger partial charge in [-0.3, -0.25) is 4.79 Å². The normalized spacial score (nSPS) is 19.4. The van der Waals surface area contributed by atoms with Crippen LogP contribution < -0.4 is 10.2 Å². The molecule has 1 N–H and O–H groups in total. The summed E-state index contributed by atoms with van der Waals surface area (Å²) >= 11 is 0. The minimum atomic E-state index is -0.317. The van der Waals surface area contributed by atoms with Gasteiger partial charge in [-0.2, -0.15) is 0 Å². The molecule has 3 aromatic rings. The summed E-state index contributed by atoms with van der Waals surface area (Å²) in [5.41, 5.74) is 2.35. The molecule has 4 heterocycles. The molecule has 0 bridgehead atoms. The predicted octanol–water partition coefficient (Wildman–Crippen LogP) is 3.55. The summed E-state index contributed by atoms with van der Waals surface area (Å²) < 4.78 is 15.3. The molecule has 0 saturated carbocycles. The van der Waals surface area contributed by atoms with E-state index in [0.29, 0.717) is 12.2 Å². The van der Waals surface area contributed by atoms with Gasteiger partial charge in [-0.15, -0.1) is 0 Å². The zero-order valence-electron chi connectivity index (χ0n) is 16.9. The van der Waals surface area contributed by atoms with Gasteiger partial charge >= 0.3 is 0 Å². The number of aryl methyl sites for hydroxylation is 2. The Balaban J connectivity index is 1.37. The van der Waals surface area contributed by atoms with E-state index in [2.05, 4.69) is 24.8 Å². The average Bonchev–Trinajstić information content (AvgIpc) is 2.96. The van der Waals surface area contributed by atoms with Crippen molar-refractivity contribution >= 4 is 28.6 Å². The van der Waals surface area contributed by atoms with E-state index >= 15 is 0 Å². The van der Waals surface area contributed by atoms with Crippen LogP contribution in [0.1, 0.15) is 37.9 Å². The summed E-state index contributed by atoms with van der Waals surface area (Å²) in [5, 5.41) is 2.91. The highest BCUT2D eigenvalue weighted by atomic mass is 19.1. The zero-order chi connectivity index (χ0) is 20.5. The summed E-state index contributed by atoms with van der Waals surface area (Å²) in [6, 6.07) is 5.87. The van der Waals surface area contributed by atoms with E-state index in [1.807, 2.05) is 0 Å². The lowest BCUT2D eigenvalue weighted by atomic mass is 9.97. The molecular formula is C22H25FN6O. The maximum atomic E-state index is 13.1. The summed E-state index contributed by atoms with van der Waals surface area (Å²) in [4.78, 5) is 28.9. The summed E-state index contributed by atoms with van der Waals surface area (Å²) in [6.45, 7) is 2.38. The number of hydrogen-bond donors (Lipinski definition) is 1. The van der Waals surface area contributed by atoms with Gasteiger partial charge in [0.15, 0.2) is 17.0 Å². The van der Waals surface area contributed by atoms with E-state index in [0.717, 1.165) is 68.0 Å². The maximum Gasteiger partial charge on any atom is 0.229 e. The number of rotatable bonds is 3. The molecule has 2 aliphatic heterocycles. The Kier molecular flexibility index (Phi) is 5.06. The predicted molar refractivity (Wildman–Crippen MR) is 113 cm³/mol. The molecule has 1 saturated heterocycles. The van der Waals surface area contributed by atoms with Gasteiger partial charge in [-0.25, -0.2) is 19.3 Å². The summed E-state index contributed by atoms with van der Waals surface area (Å²) in [6.07, 6.45) is 7.82. The van der Waals surface area contributed by atoms with Gasteiger partial charge in [0.2, 0.25) is 5.91 Å². The van der Waals surface area contributed by atoms with Crippen LogP contribution in [-0.2, 0) is 17.8 Å². The minimum Gasteiger partial charge on any atom is -0.354 e.